The number of amides is 1. The molecular formula is C37H30F2N6O5S. The first kappa shape index (κ1) is 33.4. The van der Waals surface area contributed by atoms with Gasteiger partial charge in [0.05, 0.1) is 29.4 Å². The number of furan rings is 1. The molecule has 1 fully saturated rings. The number of pyridine rings is 1. The highest BCUT2D eigenvalue weighted by atomic mass is 32.2. The molecule has 14 heteroatoms. The maximum Gasteiger partial charge on any atom is 0.260 e. The van der Waals surface area contributed by atoms with Gasteiger partial charge in [-0.05, 0) is 42.0 Å². The number of carbonyl (C=O) groups excluding carboxylic acids is 1. The van der Waals surface area contributed by atoms with Gasteiger partial charge in [-0.3, -0.25) is 13.9 Å². The molecule has 0 atom stereocenters. The van der Waals surface area contributed by atoms with Gasteiger partial charge in [0.15, 0.2) is 0 Å². The van der Waals surface area contributed by atoms with Gasteiger partial charge >= 0.3 is 0 Å². The molecule has 11 nitrogen and oxygen atoms in total. The zero-order valence-corrected chi connectivity index (χ0v) is 28.1. The van der Waals surface area contributed by atoms with E-state index < -0.39 is 34.6 Å². The molecule has 7 rings (SSSR count). The molecule has 1 aliphatic rings. The number of rotatable bonds is 7. The van der Waals surface area contributed by atoms with E-state index in [1.54, 1.807) is 35.2 Å². The number of alkyl halides is 1. The number of fused-ring (bicyclic) bond motifs is 5. The van der Waals surface area contributed by atoms with Crippen LogP contribution in [0.4, 0.5) is 14.5 Å². The fourth-order valence-electron chi connectivity index (χ4n) is 6.61. The van der Waals surface area contributed by atoms with Gasteiger partial charge in [0, 0.05) is 59.7 Å². The number of sulfonamides is 1. The van der Waals surface area contributed by atoms with Crippen LogP contribution in [0.2, 0.25) is 0 Å². The van der Waals surface area contributed by atoms with Crippen LogP contribution in [0.25, 0.3) is 44.0 Å². The Bertz CT molecular complexity index is 2570. The first-order valence-corrected chi connectivity index (χ1v) is 17.8. The molecule has 258 valence electrons. The number of nitriles is 1. The molecule has 0 bridgehead atoms. The minimum Gasteiger partial charge on any atom is -0.455 e. The molecule has 1 amide bonds. The largest absolute Gasteiger partial charge is 0.455 e. The van der Waals surface area contributed by atoms with E-state index in [2.05, 4.69) is 9.98 Å². The van der Waals surface area contributed by atoms with E-state index in [9.17, 15) is 32.0 Å². The molecule has 1 aliphatic heterocycles. The van der Waals surface area contributed by atoms with Crippen LogP contribution in [0.3, 0.4) is 0 Å². The lowest BCUT2D eigenvalue weighted by atomic mass is 9.98. The van der Waals surface area contributed by atoms with Crippen molar-refractivity contribution in [1.82, 2.24) is 14.8 Å². The summed E-state index contributed by atoms with van der Waals surface area (Å²) in [4.78, 5) is 37.6. The number of hydrogen-bond acceptors (Lipinski definition) is 7. The Morgan fingerprint density at radius 2 is 1.69 bits per heavy atom. The van der Waals surface area contributed by atoms with Crippen molar-refractivity contribution in [2.45, 2.75) is 0 Å². The van der Waals surface area contributed by atoms with Crippen molar-refractivity contribution in [2.24, 2.45) is 4.99 Å². The molecule has 4 aromatic carbocycles. The van der Waals surface area contributed by atoms with E-state index in [1.807, 2.05) is 41.4 Å². The average molecular weight is 709 g/mol. The fourth-order valence-corrected chi connectivity index (χ4v) is 7.51. The number of hydrogen-bond donors (Lipinski definition) is 1. The lowest BCUT2D eigenvalue weighted by Gasteiger charge is -2.36. The maximum atomic E-state index is 14.0. The minimum absolute atomic E-state index is 0.0944. The smallest absolute Gasteiger partial charge is 0.260 e. The maximum absolute atomic E-state index is 14.0. The molecule has 6 aromatic rings. The topological polar surface area (TPSA) is 143 Å². The molecular weight excluding hydrogens is 679 g/mol. The van der Waals surface area contributed by atoms with Gasteiger partial charge < -0.3 is 19.2 Å². The van der Waals surface area contributed by atoms with Crippen LogP contribution < -0.4 is 9.86 Å². The van der Waals surface area contributed by atoms with Gasteiger partial charge in [-0.15, -0.1) is 0 Å². The molecule has 2 aromatic heterocycles. The van der Waals surface area contributed by atoms with Crippen LogP contribution in [-0.2, 0) is 10.0 Å². The number of halogens is 2. The van der Waals surface area contributed by atoms with E-state index in [4.69, 9.17) is 4.42 Å². The number of anilines is 1. The number of benzene rings is 4. The summed E-state index contributed by atoms with van der Waals surface area (Å²) in [7, 11) is -4.00. The van der Waals surface area contributed by atoms with E-state index in [1.165, 1.54) is 24.3 Å². The summed E-state index contributed by atoms with van der Waals surface area (Å²) in [6, 6.07) is 22.9. The normalized spacial score (nSPS) is 14.0. The molecule has 0 radical (unpaired) electrons. The van der Waals surface area contributed by atoms with E-state index >= 15 is 0 Å². The van der Waals surface area contributed by atoms with Crippen LogP contribution in [0, 0.1) is 17.3 Å². The summed E-state index contributed by atoms with van der Waals surface area (Å²) in [6.07, 6.45) is 2.84. The summed E-state index contributed by atoms with van der Waals surface area (Å²) < 4.78 is 60.9. The highest BCUT2D eigenvalue weighted by molar-refractivity contribution is 7.92. The number of H-pyrrole nitrogens is 1. The Balaban J connectivity index is 1.29. The number of nitrogens with one attached hydrogen (secondary N) is 1. The molecule has 0 spiro atoms. The van der Waals surface area contributed by atoms with Crippen molar-refractivity contribution >= 4 is 60.3 Å². The first-order valence-electron chi connectivity index (χ1n) is 16.0. The third-order valence-corrected chi connectivity index (χ3v) is 10.1. The predicted octanol–water partition coefficient (Wildman–Crippen LogP) is 5.65. The Morgan fingerprint density at radius 3 is 2.39 bits per heavy atom. The molecule has 0 aliphatic carbocycles. The van der Waals surface area contributed by atoms with Gasteiger partial charge in [-0.2, -0.15) is 10.3 Å². The zero-order valence-electron chi connectivity index (χ0n) is 27.3. The standard InChI is InChI=1S/C37H30F2N6O5S/c1-51(48,49)45(13-12-38)31-21-32-29(33-34(50-32)27-11-10-26(39)19-30(27)42-36(33)46)20-28(31)24-8-5-9-25(18-24)37(47)44-16-14-43(15-17-44)35(41-22-40)23-6-3-2-4-7-23/h2-11,18-21H,12-17H2,1H3,(H,42,46). The molecule has 1 N–H and O–H groups in total. The quantitative estimate of drug-likeness (QED) is 0.128. The number of aromatic nitrogens is 1. The van der Waals surface area contributed by atoms with E-state index in [0.717, 1.165) is 16.1 Å². The molecule has 51 heavy (non-hydrogen) atoms. The van der Waals surface area contributed by atoms with Crippen LogP contribution in [0.15, 0.2) is 99.1 Å². The highest BCUT2D eigenvalue weighted by Crippen LogP contribution is 2.40. The number of aromatic amines is 1. The van der Waals surface area contributed by atoms with Crippen molar-refractivity contribution in [3.63, 3.8) is 0 Å². The van der Waals surface area contributed by atoms with E-state index in [0.29, 0.717) is 59.5 Å². The van der Waals surface area contributed by atoms with Gasteiger partial charge in [0.25, 0.3) is 11.5 Å². The lowest BCUT2D eigenvalue weighted by molar-refractivity contribution is 0.0692. The van der Waals surface area contributed by atoms with Crippen molar-refractivity contribution in [1.29, 1.82) is 5.26 Å². The summed E-state index contributed by atoms with van der Waals surface area (Å²) in [6.45, 7) is 0.143. The third kappa shape index (κ3) is 6.28. The number of aliphatic imine (C=N–C) groups is 1. The molecule has 0 saturated carbocycles. The summed E-state index contributed by atoms with van der Waals surface area (Å²) >= 11 is 0. The third-order valence-electron chi connectivity index (χ3n) is 8.94. The second-order valence-electron chi connectivity index (χ2n) is 12.1. The van der Waals surface area contributed by atoms with Crippen LogP contribution in [-0.4, -0.2) is 80.6 Å². The Kier molecular flexibility index (Phi) is 8.74. The number of carbonyl (C=O) groups is 1. The SMILES string of the molecule is CS(=O)(=O)N(CCF)c1cc2oc3c4ccc(F)cc4[nH]c(=O)c3c2cc1-c1cccc(C(=O)N2CCN(C(=NC#N)c3ccccc3)CC2)c1. The van der Waals surface area contributed by atoms with Crippen molar-refractivity contribution < 1.29 is 26.4 Å². The van der Waals surface area contributed by atoms with Crippen molar-refractivity contribution in [2.75, 3.05) is 50.0 Å². The molecule has 0 unspecified atom stereocenters. The summed E-state index contributed by atoms with van der Waals surface area (Å²) in [5, 5.41) is 10.3. The number of piperazine rings is 1. The summed E-state index contributed by atoms with van der Waals surface area (Å²) in [5.74, 6) is -0.274. The first-order chi connectivity index (χ1) is 24.6. The molecule has 3 heterocycles. The van der Waals surface area contributed by atoms with Gasteiger partial charge in [0.2, 0.25) is 16.2 Å². The van der Waals surface area contributed by atoms with Gasteiger partial charge in [-0.1, -0.05) is 42.5 Å². The zero-order chi connectivity index (χ0) is 35.9. The lowest BCUT2D eigenvalue weighted by Crippen LogP contribution is -2.50. The van der Waals surface area contributed by atoms with E-state index in [-0.39, 0.29) is 33.7 Å². The van der Waals surface area contributed by atoms with Crippen molar-refractivity contribution in [3.05, 3.63) is 112 Å². The minimum atomic E-state index is -4.00. The Morgan fingerprint density at radius 1 is 0.961 bits per heavy atom. The van der Waals surface area contributed by atoms with Crippen LogP contribution in [0.1, 0.15) is 15.9 Å². The monoisotopic (exact) mass is 708 g/mol. The van der Waals surface area contributed by atoms with Crippen molar-refractivity contribution in [3.8, 4) is 17.3 Å². The average Bonchev–Trinajstić information content (AvgIpc) is 3.51. The Hall–Kier alpha value is -6.07. The second-order valence-corrected chi connectivity index (χ2v) is 14.0. The number of nitrogens with zero attached hydrogens (tertiary/aromatic N) is 5. The highest BCUT2D eigenvalue weighted by Gasteiger charge is 2.27. The van der Waals surface area contributed by atoms with Crippen LogP contribution >= 0.6 is 0 Å². The van der Waals surface area contributed by atoms with Gasteiger partial charge in [-0.25, -0.2) is 17.2 Å². The summed E-state index contributed by atoms with van der Waals surface area (Å²) in [5.41, 5.74) is 2.03. The fraction of sp³-hybridized carbons (Fsp3) is 0.189. The second kappa shape index (κ2) is 13.3. The predicted molar refractivity (Wildman–Crippen MR) is 191 cm³/mol. The van der Waals surface area contributed by atoms with Gasteiger partial charge in [0.1, 0.15) is 29.5 Å². The molecule has 1 saturated heterocycles. The number of amidine groups is 1. The Labute approximate surface area is 290 Å². The van der Waals surface area contributed by atoms with Crippen LogP contribution in [0.5, 0.6) is 0 Å².